The first-order valence-electron chi connectivity index (χ1n) is 7.42. The largest absolute Gasteiger partial charge is 0.370 e. The summed E-state index contributed by atoms with van der Waals surface area (Å²) in [7, 11) is 4.18. The maximum Gasteiger partial charge on any atom is 0.132 e. The van der Waals surface area contributed by atoms with E-state index in [0.717, 1.165) is 43.4 Å². The Morgan fingerprint density at radius 3 is 2.20 bits per heavy atom. The predicted octanol–water partition coefficient (Wildman–Crippen LogP) is 2.61. The molecule has 20 heavy (non-hydrogen) atoms. The van der Waals surface area contributed by atoms with Crippen LogP contribution in [0.4, 0.5) is 11.6 Å². The topological polar surface area (TPSA) is 53.1 Å². The molecule has 0 fully saturated rings. The smallest absolute Gasteiger partial charge is 0.132 e. The molecule has 0 aliphatic rings. The van der Waals surface area contributed by atoms with Gasteiger partial charge in [0, 0.05) is 31.1 Å². The van der Waals surface area contributed by atoms with Crippen molar-refractivity contribution in [1.82, 2.24) is 14.9 Å². The zero-order chi connectivity index (χ0) is 15.2. The summed E-state index contributed by atoms with van der Waals surface area (Å²) in [6.45, 7) is 10.4. The second-order valence-corrected chi connectivity index (χ2v) is 5.90. The Balaban J connectivity index is 2.78. The maximum atomic E-state index is 4.54. The van der Waals surface area contributed by atoms with Gasteiger partial charge in [-0.15, -0.1) is 0 Å². The van der Waals surface area contributed by atoms with Crippen molar-refractivity contribution in [3.05, 3.63) is 11.9 Å². The van der Waals surface area contributed by atoms with Gasteiger partial charge in [-0.3, -0.25) is 0 Å². The van der Waals surface area contributed by atoms with Gasteiger partial charge in [0.15, 0.2) is 0 Å². The van der Waals surface area contributed by atoms with Gasteiger partial charge in [-0.25, -0.2) is 9.97 Å². The van der Waals surface area contributed by atoms with E-state index in [2.05, 4.69) is 67.3 Å². The van der Waals surface area contributed by atoms with Gasteiger partial charge in [0.05, 0.1) is 0 Å². The van der Waals surface area contributed by atoms with E-state index in [0.29, 0.717) is 0 Å². The fraction of sp³-hybridized carbons (Fsp3) is 0.733. The van der Waals surface area contributed by atoms with E-state index in [9.17, 15) is 0 Å². The van der Waals surface area contributed by atoms with Gasteiger partial charge in [-0.05, 0) is 34.4 Å². The van der Waals surface area contributed by atoms with E-state index >= 15 is 0 Å². The molecule has 1 rings (SSSR count). The van der Waals surface area contributed by atoms with Crippen LogP contribution in [0.2, 0.25) is 0 Å². The van der Waals surface area contributed by atoms with Crippen molar-refractivity contribution in [2.24, 2.45) is 0 Å². The molecule has 1 aromatic heterocycles. The van der Waals surface area contributed by atoms with Crippen LogP contribution in [0.5, 0.6) is 0 Å². The van der Waals surface area contributed by atoms with Gasteiger partial charge < -0.3 is 15.5 Å². The molecule has 0 aliphatic heterocycles. The Hall–Kier alpha value is -1.36. The zero-order valence-corrected chi connectivity index (χ0v) is 13.7. The Bertz CT molecular complexity index is 415. The highest BCUT2D eigenvalue weighted by Crippen LogP contribution is 2.15. The standard InChI is InChI=1S/C15H29N5/c1-7-9-16-13-10-14(19-12(8-2)18-13)17-11-15(3,4)20(5)6/h10H,7-9,11H2,1-6H3,(H2,16,17,18,19). The molecule has 0 saturated carbocycles. The first-order valence-corrected chi connectivity index (χ1v) is 7.42. The highest BCUT2D eigenvalue weighted by molar-refractivity contribution is 5.47. The number of aryl methyl sites for hydroxylation is 1. The van der Waals surface area contributed by atoms with Gasteiger partial charge in [-0.2, -0.15) is 0 Å². The molecule has 1 aromatic rings. The normalized spacial score (nSPS) is 11.8. The Morgan fingerprint density at radius 1 is 1.10 bits per heavy atom. The molecule has 5 nitrogen and oxygen atoms in total. The number of nitrogens with zero attached hydrogens (tertiary/aromatic N) is 3. The summed E-state index contributed by atoms with van der Waals surface area (Å²) < 4.78 is 0. The van der Waals surface area contributed by atoms with Crippen LogP contribution in [0, 0.1) is 0 Å². The van der Waals surface area contributed by atoms with Gasteiger partial charge in [0.25, 0.3) is 0 Å². The molecule has 0 amide bonds. The summed E-state index contributed by atoms with van der Waals surface area (Å²) in [5.74, 6) is 2.67. The van der Waals surface area contributed by atoms with E-state index in [1.807, 2.05) is 6.07 Å². The van der Waals surface area contributed by atoms with E-state index in [-0.39, 0.29) is 5.54 Å². The lowest BCUT2D eigenvalue weighted by Crippen LogP contribution is -2.44. The molecule has 114 valence electrons. The molecule has 0 atom stereocenters. The van der Waals surface area contributed by atoms with Gasteiger partial charge in [0.1, 0.15) is 17.5 Å². The fourth-order valence-corrected chi connectivity index (χ4v) is 1.55. The molecule has 2 N–H and O–H groups in total. The van der Waals surface area contributed by atoms with Crippen LogP contribution in [0.25, 0.3) is 0 Å². The van der Waals surface area contributed by atoms with Crippen LogP contribution >= 0.6 is 0 Å². The second kappa shape index (κ2) is 7.43. The van der Waals surface area contributed by atoms with Crippen LogP contribution < -0.4 is 10.6 Å². The van der Waals surface area contributed by atoms with Crippen molar-refractivity contribution in [1.29, 1.82) is 0 Å². The summed E-state index contributed by atoms with van der Waals surface area (Å²) in [6, 6.07) is 1.99. The molecule has 0 aromatic carbocycles. The summed E-state index contributed by atoms with van der Waals surface area (Å²) >= 11 is 0. The third kappa shape index (κ3) is 4.96. The summed E-state index contributed by atoms with van der Waals surface area (Å²) in [5.41, 5.74) is 0.0777. The van der Waals surface area contributed by atoms with Crippen LogP contribution in [-0.2, 0) is 6.42 Å². The van der Waals surface area contributed by atoms with E-state index < -0.39 is 0 Å². The molecule has 0 bridgehead atoms. The van der Waals surface area contributed by atoms with Crippen molar-refractivity contribution >= 4 is 11.6 Å². The van der Waals surface area contributed by atoms with Crippen LogP contribution in [-0.4, -0.2) is 47.6 Å². The number of likely N-dealkylation sites (N-methyl/N-ethyl adjacent to an activating group) is 1. The molecular weight excluding hydrogens is 250 g/mol. The second-order valence-electron chi connectivity index (χ2n) is 5.90. The third-order valence-corrected chi connectivity index (χ3v) is 3.56. The SMILES string of the molecule is CCCNc1cc(NCC(C)(C)N(C)C)nc(CC)n1. The zero-order valence-electron chi connectivity index (χ0n) is 13.7. The minimum Gasteiger partial charge on any atom is -0.370 e. The molecule has 1 heterocycles. The van der Waals surface area contributed by atoms with E-state index in [1.165, 1.54) is 0 Å². The number of hydrogen-bond donors (Lipinski definition) is 2. The quantitative estimate of drug-likeness (QED) is 0.766. The molecular formula is C15H29N5. The first-order chi connectivity index (χ1) is 9.39. The van der Waals surface area contributed by atoms with Crippen LogP contribution in [0.1, 0.15) is 39.9 Å². The van der Waals surface area contributed by atoms with Gasteiger partial charge in [-0.1, -0.05) is 13.8 Å². The van der Waals surface area contributed by atoms with Crippen molar-refractivity contribution in [3.8, 4) is 0 Å². The predicted molar refractivity (Wildman–Crippen MR) is 86.4 cm³/mol. The minimum atomic E-state index is 0.0777. The molecule has 0 unspecified atom stereocenters. The minimum absolute atomic E-state index is 0.0777. The molecule has 0 aliphatic carbocycles. The lowest BCUT2D eigenvalue weighted by atomic mass is 10.0. The average molecular weight is 279 g/mol. The fourth-order valence-electron chi connectivity index (χ4n) is 1.55. The summed E-state index contributed by atoms with van der Waals surface area (Å²) in [6.07, 6.45) is 1.93. The number of rotatable bonds is 8. The van der Waals surface area contributed by atoms with Crippen LogP contribution in [0.15, 0.2) is 6.07 Å². The Kier molecular flexibility index (Phi) is 6.20. The molecule has 0 spiro atoms. The van der Waals surface area contributed by atoms with E-state index in [4.69, 9.17) is 0 Å². The monoisotopic (exact) mass is 279 g/mol. The lowest BCUT2D eigenvalue weighted by molar-refractivity contribution is 0.210. The van der Waals surface area contributed by atoms with Gasteiger partial charge >= 0.3 is 0 Å². The van der Waals surface area contributed by atoms with E-state index in [1.54, 1.807) is 0 Å². The van der Waals surface area contributed by atoms with Crippen molar-refractivity contribution in [2.75, 3.05) is 37.8 Å². The number of nitrogens with one attached hydrogen (secondary N) is 2. The highest BCUT2D eigenvalue weighted by atomic mass is 15.2. The van der Waals surface area contributed by atoms with Gasteiger partial charge in [0.2, 0.25) is 0 Å². The molecule has 5 heteroatoms. The Labute approximate surface area is 123 Å². The van der Waals surface area contributed by atoms with Crippen molar-refractivity contribution < 1.29 is 0 Å². The third-order valence-electron chi connectivity index (χ3n) is 3.56. The van der Waals surface area contributed by atoms with Crippen molar-refractivity contribution in [3.63, 3.8) is 0 Å². The highest BCUT2D eigenvalue weighted by Gasteiger charge is 2.20. The maximum absolute atomic E-state index is 4.54. The number of anilines is 2. The average Bonchev–Trinajstić information content (AvgIpc) is 2.42. The van der Waals surface area contributed by atoms with Crippen molar-refractivity contribution in [2.45, 2.75) is 46.1 Å². The first kappa shape index (κ1) is 16.7. The van der Waals surface area contributed by atoms with Crippen LogP contribution in [0.3, 0.4) is 0 Å². The molecule has 0 radical (unpaired) electrons. The summed E-state index contributed by atoms with van der Waals surface area (Å²) in [4.78, 5) is 11.2. The lowest BCUT2D eigenvalue weighted by Gasteiger charge is -2.32. The number of hydrogen-bond acceptors (Lipinski definition) is 5. The number of aromatic nitrogens is 2. The molecule has 0 saturated heterocycles. The summed E-state index contributed by atoms with van der Waals surface area (Å²) in [5, 5.41) is 6.75. The Morgan fingerprint density at radius 2 is 1.70 bits per heavy atom.